The SMILES string of the molecule is C=C1CC2C=Nc3cc(OCCCC(=O)Nc4cn(C)c(C(=O)Cc5ccc(-c6cc(C(=O)n7ccc8cc(CP(=O)(O)OCCOC)ccc87)n(C)c6)cc5)n4)c(C)cc3C(=O)N2C1. The van der Waals surface area contributed by atoms with Crippen molar-refractivity contribution in [2.24, 2.45) is 19.1 Å². The maximum atomic E-state index is 13.8. The number of nitrogens with one attached hydrogen (secondary N) is 1. The van der Waals surface area contributed by atoms with Gasteiger partial charge in [-0.2, -0.15) is 0 Å². The highest BCUT2D eigenvalue weighted by Crippen LogP contribution is 2.46. The fraction of sp³-hybridized carbons (Fsp3) is 0.292. The van der Waals surface area contributed by atoms with E-state index in [1.807, 2.05) is 43.5 Å². The van der Waals surface area contributed by atoms with E-state index in [2.05, 4.69) is 21.9 Å². The Morgan fingerprint density at radius 3 is 2.52 bits per heavy atom. The van der Waals surface area contributed by atoms with Crippen molar-refractivity contribution in [2.75, 3.05) is 38.8 Å². The van der Waals surface area contributed by atoms with E-state index >= 15 is 0 Å². The number of ether oxygens (including phenoxy) is 2. The van der Waals surface area contributed by atoms with Crippen LogP contribution in [0, 0.1) is 6.92 Å². The molecule has 0 saturated carbocycles. The Labute approximate surface area is 375 Å². The van der Waals surface area contributed by atoms with Crippen molar-refractivity contribution in [3.63, 3.8) is 0 Å². The van der Waals surface area contributed by atoms with Gasteiger partial charge in [0.15, 0.2) is 11.6 Å². The lowest BCUT2D eigenvalue weighted by Crippen LogP contribution is -2.35. The number of benzene rings is 3. The van der Waals surface area contributed by atoms with Crippen molar-refractivity contribution in [1.82, 2.24) is 23.6 Å². The number of amides is 2. The summed E-state index contributed by atoms with van der Waals surface area (Å²) in [5.41, 5.74) is 7.08. The number of rotatable bonds is 17. The third-order valence-electron chi connectivity index (χ3n) is 11.5. The van der Waals surface area contributed by atoms with Crippen molar-refractivity contribution < 1.29 is 42.6 Å². The highest BCUT2D eigenvalue weighted by molar-refractivity contribution is 7.51. The molecule has 8 rings (SSSR count). The number of hydrogen-bond donors (Lipinski definition) is 2. The van der Waals surface area contributed by atoms with Gasteiger partial charge in [-0.1, -0.05) is 42.5 Å². The number of carbonyl (C=O) groups excluding carboxylic acids is 4. The molecule has 2 aliphatic heterocycles. The zero-order valence-electron chi connectivity index (χ0n) is 36.7. The van der Waals surface area contributed by atoms with Gasteiger partial charge in [0, 0.05) is 82.4 Å². The fourth-order valence-electron chi connectivity index (χ4n) is 8.17. The van der Waals surface area contributed by atoms with Crippen LogP contribution < -0.4 is 10.1 Å². The van der Waals surface area contributed by atoms with E-state index < -0.39 is 7.60 Å². The summed E-state index contributed by atoms with van der Waals surface area (Å²) < 4.78 is 33.4. The molecule has 2 atom stereocenters. The number of aryl methyl sites for hydroxylation is 3. The van der Waals surface area contributed by atoms with Crippen LogP contribution >= 0.6 is 7.60 Å². The van der Waals surface area contributed by atoms with Gasteiger partial charge < -0.3 is 38.2 Å². The highest BCUT2D eigenvalue weighted by atomic mass is 31.2. The van der Waals surface area contributed by atoms with E-state index in [-0.39, 0.29) is 80.0 Å². The lowest BCUT2D eigenvalue weighted by molar-refractivity contribution is -0.116. The predicted molar refractivity (Wildman–Crippen MR) is 246 cm³/mol. The Morgan fingerprint density at radius 2 is 1.74 bits per heavy atom. The molecule has 5 heterocycles. The summed E-state index contributed by atoms with van der Waals surface area (Å²) in [5.74, 6) is 0.285. The van der Waals surface area contributed by atoms with Gasteiger partial charge in [-0.05, 0) is 72.4 Å². The summed E-state index contributed by atoms with van der Waals surface area (Å²) in [5, 5.41) is 3.53. The van der Waals surface area contributed by atoms with Crippen LogP contribution in [0.1, 0.15) is 67.4 Å². The van der Waals surface area contributed by atoms with Gasteiger partial charge >= 0.3 is 7.60 Å². The predicted octanol–water partition coefficient (Wildman–Crippen LogP) is 7.44. The Bertz CT molecular complexity index is 2930. The molecule has 0 aliphatic carbocycles. The van der Waals surface area contributed by atoms with Gasteiger partial charge in [0.2, 0.25) is 11.7 Å². The monoisotopic (exact) mass is 899 g/mol. The van der Waals surface area contributed by atoms with Crippen LogP contribution in [0.2, 0.25) is 0 Å². The molecule has 2 amide bonds. The van der Waals surface area contributed by atoms with Crippen LogP contribution in [0.15, 0.2) is 102 Å². The van der Waals surface area contributed by atoms with Gasteiger partial charge in [0.25, 0.3) is 11.8 Å². The van der Waals surface area contributed by atoms with Gasteiger partial charge in [-0.3, -0.25) is 33.3 Å². The van der Waals surface area contributed by atoms with Crippen molar-refractivity contribution in [1.29, 1.82) is 0 Å². The number of fused-ring (bicyclic) bond motifs is 3. The first kappa shape index (κ1) is 44.9. The summed E-state index contributed by atoms with van der Waals surface area (Å²) in [4.78, 5) is 74.3. The third-order valence-corrected chi connectivity index (χ3v) is 12.8. The van der Waals surface area contributed by atoms with E-state index in [4.69, 9.17) is 14.0 Å². The number of imidazole rings is 1. The molecule has 2 unspecified atom stereocenters. The first-order valence-corrected chi connectivity index (χ1v) is 22.9. The van der Waals surface area contributed by atoms with Crippen molar-refractivity contribution in [3.05, 3.63) is 131 Å². The molecule has 3 aromatic heterocycles. The second-order valence-electron chi connectivity index (χ2n) is 16.5. The Hall–Kier alpha value is -6.71. The van der Waals surface area contributed by atoms with Crippen LogP contribution in [0.25, 0.3) is 22.0 Å². The fourth-order valence-corrected chi connectivity index (χ4v) is 9.28. The number of aromatic nitrogens is 4. The van der Waals surface area contributed by atoms with Gasteiger partial charge in [0.05, 0.1) is 48.8 Å². The van der Waals surface area contributed by atoms with Crippen molar-refractivity contribution in [2.45, 2.75) is 44.8 Å². The molecule has 1 fully saturated rings. The lowest BCUT2D eigenvalue weighted by Gasteiger charge is -2.20. The molecule has 2 N–H and O–H groups in total. The molecule has 65 heavy (non-hydrogen) atoms. The third kappa shape index (κ3) is 10.0. The lowest BCUT2D eigenvalue weighted by atomic mass is 10.0. The number of ketones is 1. The van der Waals surface area contributed by atoms with E-state index in [0.717, 1.165) is 33.2 Å². The van der Waals surface area contributed by atoms with Gasteiger partial charge in [-0.15, -0.1) is 0 Å². The molecule has 6 aromatic rings. The first-order valence-electron chi connectivity index (χ1n) is 21.2. The summed E-state index contributed by atoms with van der Waals surface area (Å²) in [7, 11) is 1.12. The number of nitrogens with zero attached hydrogens (tertiary/aromatic N) is 6. The van der Waals surface area contributed by atoms with E-state index in [1.165, 1.54) is 7.11 Å². The standard InChI is InChI=1S/C48H50N7O9P/c1-30-19-37-25-49-39-24-43(31(2)20-38(39)47(58)55(37)26-30)63-16-6-7-45(57)50-44-28-53(4)46(51-44)42(56)22-32-8-11-34(12-9-32)36-23-41(52(3)27-36)48(59)54-15-14-35-21-33(10-13-40(35)54)29-65(60,61)64-18-17-62-5/h8-15,20-21,23-25,27-28,37H,1,6-7,16-19,22,26,29H2,2-5H3,(H,50,57)(H,60,61). The minimum Gasteiger partial charge on any atom is -0.493 e. The molecular formula is C48H50N7O9P. The van der Waals surface area contributed by atoms with Crippen LogP contribution in [-0.2, 0) is 45.3 Å². The van der Waals surface area contributed by atoms with E-state index in [9.17, 15) is 28.6 Å². The molecule has 16 nitrogen and oxygen atoms in total. The molecule has 17 heteroatoms. The minimum absolute atomic E-state index is 0.00998. The quantitative estimate of drug-likeness (QED) is 0.0403. The number of anilines is 1. The first-order chi connectivity index (χ1) is 31.2. The molecule has 336 valence electrons. The maximum Gasteiger partial charge on any atom is 0.332 e. The van der Waals surface area contributed by atoms with Crippen LogP contribution in [0.5, 0.6) is 5.75 Å². The van der Waals surface area contributed by atoms with Crippen LogP contribution in [0.4, 0.5) is 11.5 Å². The average molecular weight is 900 g/mol. The number of Topliss-reactive ketones (excluding diaryl/α,β-unsaturated/α-hetero) is 1. The summed E-state index contributed by atoms with van der Waals surface area (Å²) in [6.45, 7) is 6.92. The largest absolute Gasteiger partial charge is 0.493 e. The summed E-state index contributed by atoms with van der Waals surface area (Å²) >= 11 is 0. The van der Waals surface area contributed by atoms with Crippen molar-refractivity contribution in [3.8, 4) is 16.9 Å². The maximum absolute atomic E-state index is 13.8. The smallest absolute Gasteiger partial charge is 0.332 e. The molecule has 0 spiro atoms. The average Bonchev–Trinajstić information content (AvgIpc) is 4.05. The topological polar surface area (TPSA) is 189 Å². The zero-order valence-corrected chi connectivity index (χ0v) is 37.5. The highest BCUT2D eigenvalue weighted by Gasteiger charge is 2.34. The Morgan fingerprint density at radius 1 is 0.954 bits per heavy atom. The molecular weight excluding hydrogens is 850 g/mol. The summed E-state index contributed by atoms with van der Waals surface area (Å²) in [6, 6.07) is 19.8. The number of carbonyl (C=O) groups is 4. The molecule has 2 aliphatic rings. The van der Waals surface area contributed by atoms with Crippen LogP contribution in [0.3, 0.4) is 0 Å². The molecule has 1 saturated heterocycles. The Balaban J connectivity index is 0.827. The number of hydrogen-bond acceptors (Lipinski definition) is 10. The molecule has 0 bridgehead atoms. The van der Waals surface area contributed by atoms with Gasteiger partial charge in [0.1, 0.15) is 11.4 Å². The zero-order chi connectivity index (χ0) is 46.0. The normalized spacial score (nSPS) is 15.5. The Kier molecular flexibility index (Phi) is 13.0. The second kappa shape index (κ2) is 18.8. The van der Waals surface area contributed by atoms with E-state index in [1.54, 1.807) is 87.7 Å². The minimum atomic E-state index is -3.87. The van der Waals surface area contributed by atoms with Crippen molar-refractivity contribution >= 4 is 59.7 Å². The van der Waals surface area contributed by atoms with E-state index in [0.29, 0.717) is 53.2 Å². The van der Waals surface area contributed by atoms with Gasteiger partial charge in [-0.25, -0.2) is 4.98 Å². The second-order valence-corrected chi connectivity index (χ2v) is 18.3. The van der Waals surface area contributed by atoms with Crippen LogP contribution in [-0.4, -0.2) is 97.7 Å². The number of methoxy groups -OCH3 is 1. The summed E-state index contributed by atoms with van der Waals surface area (Å²) in [6.07, 6.45) is 8.17. The number of aliphatic imine (C=N–C) groups is 1. The molecule has 3 aromatic carbocycles. The molecule has 0 radical (unpaired) electrons.